The number of nitrogens with one attached hydrogen (secondary N) is 4. The van der Waals surface area contributed by atoms with Crippen molar-refractivity contribution in [2.24, 2.45) is 11.7 Å². The van der Waals surface area contributed by atoms with Crippen LogP contribution in [0.2, 0.25) is 0 Å². The van der Waals surface area contributed by atoms with Crippen molar-refractivity contribution in [3.05, 3.63) is 60.6 Å². The molecule has 5 aromatic rings. The van der Waals surface area contributed by atoms with Gasteiger partial charge in [0.25, 0.3) is 0 Å². The average Bonchev–Trinajstić information content (AvgIpc) is 3.52. The smallest absolute Gasteiger partial charge is 0.249 e. The number of nitrogens with zero attached hydrogens (tertiary/aromatic N) is 3. The summed E-state index contributed by atoms with van der Waals surface area (Å²) in [4.78, 5) is 36.7. The van der Waals surface area contributed by atoms with Crippen molar-refractivity contribution in [2.45, 2.75) is 12.8 Å². The topological polar surface area (TPSA) is 154 Å². The van der Waals surface area contributed by atoms with Gasteiger partial charge in [0.05, 0.1) is 23.3 Å². The fourth-order valence-corrected chi connectivity index (χ4v) is 4.76. The molecule has 0 atom stereocenters. The zero-order chi connectivity index (χ0) is 24.6. The van der Waals surface area contributed by atoms with E-state index in [1.54, 1.807) is 30.7 Å². The summed E-state index contributed by atoms with van der Waals surface area (Å²) in [5, 5.41) is 15.2. The van der Waals surface area contributed by atoms with Gasteiger partial charge in [0.2, 0.25) is 11.8 Å². The third-order valence-corrected chi connectivity index (χ3v) is 6.66. The normalized spacial score (nSPS) is 14.3. The first-order valence-electron chi connectivity index (χ1n) is 11.8. The second-order valence-corrected chi connectivity index (χ2v) is 8.98. The molecule has 0 bridgehead atoms. The van der Waals surface area contributed by atoms with E-state index in [0.717, 1.165) is 64.7 Å². The molecule has 6 N–H and O–H groups in total. The van der Waals surface area contributed by atoms with E-state index in [9.17, 15) is 9.59 Å². The van der Waals surface area contributed by atoms with Gasteiger partial charge in [0, 0.05) is 51.3 Å². The number of amides is 2. The number of aromatic nitrogens is 5. The summed E-state index contributed by atoms with van der Waals surface area (Å²) in [6.45, 7) is 1.71. The minimum Gasteiger partial charge on any atom is -0.366 e. The van der Waals surface area contributed by atoms with Crippen LogP contribution >= 0.6 is 0 Å². The van der Waals surface area contributed by atoms with Gasteiger partial charge in [-0.2, -0.15) is 5.10 Å². The Morgan fingerprint density at radius 3 is 2.67 bits per heavy atom. The van der Waals surface area contributed by atoms with Gasteiger partial charge in [-0.1, -0.05) is 6.07 Å². The molecule has 0 aliphatic carbocycles. The van der Waals surface area contributed by atoms with E-state index in [1.807, 2.05) is 24.3 Å². The molecule has 0 saturated carbocycles. The number of benzene rings is 1. The van der Waals surface area contributed by atoms with E-state index in [-0.39, 0.29) is 11.8 Å². The maximum absolute atomic E-state index is 12.7. The molecule has 1 aliphatic heterocycles. The molecule has 5 heterocycles. The Morgan fingerprint density at radius 2 is 1.83 bits per heavy atom. The van der Waals surface area contributed by atoms with Crippen molar-refractivity contribution >= 4 is 39.4 Å². The van der Waals surface area contributed by atoms with Crippen molar-refractivity contribution in [2.75, 3.05) is 18.4 Å². The van der Waals surface area contributed by atoms with E-state index >= 15 is 0 Å². The molecular weight excluding hydrogens is 456 g/mol. The summed E-state index contributed by atoms with van der Waals surface area (Å²) in [5.41, 5.74) is 11.2. The van der Waals surface area contributed by atoms with Crippen LogP contribution in [0.25, 0.3) is 44.5 Å². The summed E-state index contributed by atoms with van der Waals surface area (Å²) in [6.07, 6.45) is 6.79. The number of rotatable bonds is 5. The van der Waals surface area contributed by atoms with Gasteiger partial charge >= 0.3 is 0 Å². The van der Waals surface area contributed by atoms with Gasteiger partial charge in [0.1, 0.15) is 0 Å². The second-order valence-electron chi connectivity index (χ2n) is 8.98. The number of nitrogens with two attached hydrogens (primary N) is 1. The molecule has 10 nitrogen and oxygen atoms in total. The first-order chi connectivity index (χ1) is 17.6. The predicted molar refractivity (Wildman–Crippen MR) is 137 cm³/mol. The van der Waals surface area contributed by atoms with Crippen molar-refractivity contribution in [1.82, 2.24) is 30.5 Å². The standard InChI is InChI=1S/C26H24N8O2/c27-24(35)18-2-1-3-21-19(18)10-22(32-21)23-20-9-16(12-30-25(20)34-33-23)15-8-17(13-29-11-15)31-26(36)14-4-6-28-7-5-14/h1-3,8-14,28,32H,4-7H2,(H2,27,35)(H,31,36)(H,30,33,34). The fraction of sp³-hybridized carbons (Fsp3) is 0.192. The van der Waals surface area contributed by atoms with Gasteiger partial charge in [0.15, 0.2) is 5.65 Å². The second kappa shape index (κ2) is 8.90. The van der Waals surface area contributed by atoms with E-state index in [4.69, 9.17) is 5.73 Å². The number of piperidine rings is 1. The number of aromatic amines is 2. The van der Waals surface area contributed by atoms with Crippen LogP contribution in [-0.2, 0) is 4.79 Å². The highest BCUT2D eigenvalue weighted by Gasteiger charge is 2.21. The molecule has 0 unspecified atom stereocenters. The summed E-state index contributed by atoms with van der Waals surface area (Å²) >= 11 is 0. The molecule has 36 heavy (non-hydrogen) atoms. The SMILES string of the molecule is NC(=O)c1cccc2[nH]c(-c3[nH]nc4ncc(-c5cncc(NC(=O)C6CCNCC6)c5)cc34)cc12. The van der Waals surface area contributed by atoms with E-state index in [1.165, 1.54) is 0 Å². The minimum atomic E-state index is -0.482. The van der Waals surface area contributed by atoms with Crippen LogP contribution < -0.4 is 16.4 Å². The van der Waals surface area contributed by atoms with E-state index in [0.29, 0.717) is 16.9 Å². The monoisotopic (exact) mass is 480 g/mol. The summed E-state index contributed by atoms with van der Waals surface area (Å²) in [5.74, 6) is -0.452. The zero-order valence-electron chi connectivity index (χ0n) is 19.3. The zero-order valence-corrected chi connectivity index (χ0v) is 19.3. The van der Waals surface area contributed by atoms with Gasteiger partial charge in [-0.05, 0) is 56.3 Å². The Morgan fingerprint density at radius 1 is 1.00 bits per heavy atom. The summed E-state index contributed by atoms with van der Waals surface area (Å²) < 4.78 is 0. The Balaban J connectivity index is 1.34. The van der Waals surface area contributed by atoms with Crippen LogP contribution in [0.3, 0.4) is 0 Å². The van der Waals surface area contributed by atoms with Crippen LogP contribution in [0, 0.1) is 5.92 Å². The Hall–Kier alpha value is -4.57. The molecule has 4 aromatic heterocycles. The number of carbonyl (C=O) groups is 2. The van der Waals surface area contributed by atoms with Crippen LogP contribution in [0.1, 0.15) is 23.2 Å². The molecule has 1 aromatic carbocycles. The summed E-state index contributed by atoms with van der Waals surface area (Å²) in [7, 11) is 0. The first kappa shape index (κ1) is 21.9. The largest absolute Gasteiger partial charge is 0.366 e. The van der Waals surface area contributed by atoms with Crippen molar-refractivity contribution < 1.29 is 9.59 Å². The van der Waals surface area contributed by atoms with Crippen molar-refractivity contribution in [3.8, 4) is 22.5 Å². The molecule has 10 heteroatoms. The lowest BCUT2D eigenvalue weighted by Crippen LogP contribution is -2.34. The Kier molecular flexibility index (Phi) is 5.42. The fourth-order valence-electron chi connectivity index (χ4n) is 4.76. The lowest BCUT2D eigenvalue weighted by atomic mass is 9.97. The lowest BCUT2D eigenvalue weighted by molar-refractivity contribution is -0.120. The number of H-pyrrole nitrogens is 2. The third kappa shape index (κ3) is 3.97. The molecule has 1 fully saturated rings. The molecule has 2 amide bonds. The lowest BCUT2D eigenvalue weighted by Gasteiger charge is -2.21. The van der Waals surface area contributed by atoms with Gasteiger partial charge in [-0.3, -0.25) is 19.7 Å². The number of pyridine rings is 2. The van der Waals surface area contributed by atoms with Crippen LogP contribution in [-0.4, -0.2) is 50.1 Å². The number of hydrogen-bond donors (Lipinski definition) is 5. The molecule has 0 radical (unpaired) electrons. The number of hydrogen-bond acceptors (Lipinski definition) is 6. The van der Waals surface area contributed by atoms with E-state index < -0.39 is 5.91 Å². The summed E-state index contributed by atoms with van der Waals surface area (Å²) in [6, 6.07) is 11.2. The molecule has 0 spiro atoms. The van der Waals surface area contributed by atoms with Crippen LogP contribution in [0.15, 0.2) is 55.0 Å². The van der Waals surface area contributed by atoms with E-state index in [2.05, 4.69) is 35.8 Å². The number of fused-ring (bicyclic) bond motifs is 2. The highest BCUT2D eigenvalue weighted by Crippen LogP contribution is 2.32. The van der Waals surface area contributed by atoms with Gasteiger partial charge in [-0.25, -0.2) is 4.98 Å². The third-order valence-electron chi connectivity index (χ3n) is 6.66. The number of anilines is 1. The van der Waals surface area contributed by atoms with Crippen molar-refractivity contribution in [3.63, 3.8) is 0 Å². The minimum absolute atomic E-state index is 0.00722. The van der Waals surface area contributed by atoms with Crippen LogP contribution in [0.5, 0.6) is 0 Å². The number of carbonyl (C=O) groups excluding carboxylic acids is 2. The maximum atomic E-state index is 12.7. The molecule has 180 valence electrons. The average molecular weight is 481 g/mol. The highest BCUT2D eigenvalue weighted by molar-refractivity contribution is 6.07. The molecule has 1 saturated heterocycles. The van der Waals surface area contributed by atoms with Crippen LogP contribution in [0.4, 0.5) is 5.69 Å². The predicted octanol–water partition coefficient (Wildman–Crippen LogP) is 3.21. The number of primary amides is 1. The van der Waals surface area contributed by atoms with Gasteiger partial charge in [-0.15, -0.1) is 0 Å². The quantitative estimate of drug-likeness (QED) is 0.260. The van der Waals surface area contributed by atoms with Gasteiger partial charge < -0.3 is 21.4 Å². The van der Waals surface area contributed by atoms with Crippen molar-refractivity contribution in [1.29, 1.82) is 0 Å². The molecule has 1 aliphatic rings. The Labute approximate surface area is 205 Å². The highest BCUT2D eigenvalue weighted by atomic mass is 16.2. The molecular formula is C26H24N8O2. The molecule has 6 rings (SSSR count). The maximum Gasteiger partial charge on any atom is 0.249 e. The Bertz CT molecular complexity index is 1610. The first-order valence-corrected chi connectivity index (χ1v) is 11.8.